The van der Waals surface area contributed by atoms with Crippen LogP contribution in [0.2, 0.25) is 0 Å². The van der Waals surface area contributed by atoms with Gasteiger partial charge in [-0.05, 0) is 53.9 Å². The van der Waals surface area contributed by atoms with Gasteiger partial charge in [-0.3, -0.25) is 4.90 Å². The Labute approximate surface area is 111 Å². The highest BCUT2D eigenvalue weighted by molar-refractivity contribution is 9.10. The molecule has 1 atom stereocenters. The molecular weight excluding hydrogens is 281 g/mol. The average Bonchev–Trinajstić information content (AvgIpc) is 2.51. The number of nitrogens with zero attached hydrogens (tertiary/aromatic N) is 1. The fraction of sp³-hybridized carbons (Fsp3) is 0.571. The fourth-order valence-corrected chi connectivity index (χ4v) is 2.85. The Bertz CT molecular complexity index is 380. The highest BCUT2D eigenvalue weighted by Crippen LogP contribution is 2.24. The molecule has 0 amide bonds. The fourth-order valence-electron chi connectivity index (χ4n) is 2.46. The minimum Gasteiger partial charge on any atom is -0.296 e. The summed E-state index contributed by atoms with van der Waals surface area (Å²) in [5.41, 5.74) is 1.05. The van der Waals surface area contributed by atoms with Gasteiger partial charge in [-0.1, -0.05) is 25.0 Å². The van der Waals surface area contributed by atoms with Crippen LogP contribution in [0, 0.1) is 5.82 Å². The predicted octanol–water partition coefficient (Wildman–Crippen LogP) is 4.35. The zero-order valence-corrected chi connectivity index (χ0v) is 11.8. The van der Waals surface area contributed by atoms with Crippen molar-refractivity contribution >= 4 is 15.9 Å². The average molecular weight is 300 g/mol. The largest absolute Gasteiger partial charge is 0.296 e. The molecule has 1 heterocycles. The molecule has 0 aromatic heterocycles. The van der Waals surface area contributed by atoms with Crippen molar-refractivity contribution < 1.29 is 4.39 Å². The van der Waals surface area contributed by atoms with E-state index in [1.807, 2.05) is 6.07 Å². The molecule has 0 bridgehead atoms. The van der Waals surface area contributed by atoms with E-state index in [-0.39, 0.29) is 5.82 Å². The molecule has 1 unspecified atom stereocenters. The second-order valence-corrected chi connectivity index (χ2v) is 5.67. The van der Waals surface area contributed by atoms with Crippen molar-refractivity contribution in [3.63, 3.8) is 0 Å². The van der Waals surface area contributed by atoms with Crippen molar-refractivity contribution in [1.82, 2.24) is 4.90 Å². The van der Waals surface area contributed by atoms with E-state index >= 15 is 0 Å². The maximum absolute atomic E-state index is 13.4. The lowest BCUT2D eigenvalue weighted by atomic mass is 10.1. The van der Waals surface area contributed by atoms with E-state index in [0.717, 1.165) is 18.7 Å². The molecule has 1 aromatic carbocycles. The Kier molecular flexibility index (Phi) is 4.57. The molecule has 0 radical (unpaired) electrons. The number of likely N-dealkylation sites (tertiary alicyclic amines) is 1. The van der Waals surface area contributed by atoms with Crippen molar-refractivity contribution in [1.29, 1.82) is 0 Å². The smallest absolute Gasteiger partial charge is 0.137 e. The summed E-state index contributed by atoms with van der Waals surface area (Å²) in [5.74, 6) is -0.162. The molecule has 17 heavy (non-hydrogen) atoms. The van der Waals surface area contributed by atoms with E-state index in [9.17, 15) is 4.39 Å². The highest BCUT2D eigenvalue weighted by Gasteiger charge is 2.18. The third-order valence-electron chi connectivity index (χ3n) is 3.60. The standard InChI is InChI=1S/C14H19BrFN/c1-11-6-3-2-4-9-17(11)10-12-7-5-8-13(16)14(12)15/h5,7-8,11H,2-4,6,9-10H2,1H3. The first-order valence-electron chi connectivity index (χ1n) is 6.35. The molecule has 0 aliphatic carbocycles. The van der Waals surface area contributed by atoms with Gasteiger partial charge in [-0.2, -0.15) is 0 Å². The normalized spacial score (nSPS) is 22.4. The van der Waals surface area contributed by atoms with Gasteiger partial charge in [0.2, 0.25) is 0 Å². The van der Waals surface area contributed by atoms with Gasteiger partial charge in [-0.25, -0.2) is 4.39 Å². The van der Waals surface area contributed by atoms with Gasteiger partial charge in [0.1, 0.15) is 5.82 Å². The number of rotatable bonds is 2. The van der Waals surface area contributed by atoms with Gasteiger partial charge < -0.3 is 0 Å². The first-order valence-corrected chi connectivity index (χ1v) is 7.14. The second-order valence-electron chi connectivity index (χ2n) is 4.88. The van der Waals surface area contributed by atoms with Gasteiger partial charge in [0, 0.05) is 12.6 Å². The summed E-state index contributed by atoms with van der Waals surface area (Å²) in [5, 5.41) is 0. The minimum atomic E-state index is -0.162. The van der Waals surface area contributed by atoms with Crippen LogP contribution < -0.4 is 0 Å². The van der Waals surface area contributed by atoms with Gasteiger partial charge in [-0.15, -0.1) is 0 Å². The zero-order chi connectivity index (χ0) is 12.3. The first kappa shape index (κ1) is 13.0. The molecule has 0 spiro atoms. The Balaban J connectivity index is 2.10. The third-order valence-corrected chi connectivity index (χ3v) is 4.48. The lowest BCUT2D eigenvalue weighted by Crippen LogP contribution is -2.32. The van der Waals surface area contributed by atoms with Crippen molar-refractivity contribution in [2.75, 3.05) is 6.54 Å². The molecule has 0 N–H and O–H groups in total. The molecule has 1 nitrogen and oxygen atoms in total. The lowest BCUT2D eigenvalue weighted by molar-refractivity contribution is 0.204. The molecule has 1 aliphatic rings. The van der Waals surface area contributed by atoms with E-state index in [2.05, 4.69) is 27.8 Å². The monoisotopic (exact) mass is 299 g/mol. The zero-order valence-electron chi connectivity index (χ0n) is 10.3. The molecule has 0 saturated carbocycles. The van der Waals surface area contributed by atoms with Crippen LogP contribution >= 0.6 is 15.9 Å². The van der Waals surface area contributed by atoms with Crippen molar-refractivity contribution in [2.24, 2.45) is 0 Å². The second kappa shape index (κ2) is 5.96. The van der Waals surface area contributed by atoms with E-state index in [4.69, 9.17) is 0 Å². The van der Waals surface area contributed by atoms with Crippen molar-refractivity contribution in [2.45, 2.75) is 45.2 Å². The van der Waals surface area contributed by atoms with Crippen LogP contribution in [0.15, 0.2) is 22.7 Å². The third kappa shape index (κ3) is 3.29. The summed E-state index contributed by atoms with van der Waals surface area (Å²) < 4.78 is 14.1. The quantitative estimate of drug-likeness (QED) is 0.784. The Morgan fingerprint density at radius 2 is 2.18 bits per heavy atom. The van der Waals surface area contributed by atoms with Crippen LogP contribution in [0.3, 0.4) is 0 Å². The van der Waals surface area contributed by atoms with Gasteiger partial charge in [0.25, 0.3) is 0 Å². The van der Waals surface area contributed by atoms with Crippen LogP contribution in [0.5, 0.6) is 0 Å². The van der Waals surface area contributed by atoms with Gasteiger partial charge in [0.15, 0.2) is 0 Å². The van der Waals surface area contributed by atoms with Crippen molar-refractivity contribution in [3.8, 4) is 0 Å². The van der Waals surface area contributed by atoms with Crippen LogP contribution in [0.1, 0.15) is 38.2 Å². The molecule has 1 fully saturated rings. The maximum Gasteiger partial charge on any atom is 0.137 e. The number of hydrogen-bond acceptors (Lipinski definition) is 1. The Morgan fingerprint density at radius 1 is 1.35 bits per heavy atom. The molecule has 1 aromatic rings. The van der Waals surface area contributed by atoms with Gasteiger partial charge >= 0.3 is 0 Å². The van der Waals surface area contributed by atoms with Crippen LogP contribution in [0.25, 0.3) is 0 Å². The van der Waals surface area contributed by atoms with Crippen LogP contribution in [-0.2, 0) is 6.54 Å². The Hall–Kier alpha value is -0.410. The summed E-state index contributed by atoms with van der Waals surface area (Å²) in [6, 6.07) is 5.90. The molecule has 1 aliphatic heterocycles. The lowest BCUT2D eigenvalue weighted by Gasteiger charge is -2.27. The number of halogens is 2. The minimum absolute atomic E-state index is 0.162. The van der Waals surface area contributed by atoms with E-state index < -0.39 is 0 Å². The topological polar surface area (TPSA) is 3.24 Å². The highest BCUT2D eigenvalue weighted by atomic mass is 79.9. The maximum atomic E-state index is 13.4. The SMILES string of the molecule is CC1CCCCCN1Cc1cccc(F)c1Br. The molecule has 1 saturated heterocycles. The Morgan fingerprint density at radius 3 is 3.00 bits per heavy atom. The number of benzene rings is 1. The summed E-state index contributed by atoms with van der Waals surface area (Å²) in [4.78, 5) is 2.46. The molecular formula is C14H19BrFN. The van der Waals surface area contributed by atoms with Crippen molar-refractivity contribution in [3.05, 3.63) is 34.1 Å². The van der Waals surface area contributed by atoms with Gasteiger partial charge in [0.05, 0.1) is 4.47 Å². The molecule has 3 heteroatoms. The predicted molar refractivity (Wildman–Crippen MR) is 72.4 cm³/mol. The summed E-state index contributed by atoms with van der Waals surface area (Å²) in [6.07, 6.45) is 5.16. The summed E-state index contributed by atoms with van der Waals surface area (Å²) >= 11 is 3.34. The van der Waals surface area contributed by atoms with E-state index in [1.165, 1.54) is 31.7 Å². The molecule has 94 valence electrons. The first-order chi connectivity index (χ1) is 8.18. The van der Waals surface area contributed by atoms with E-state index in [0.29, 0.717) is 10.5 Å². The summed E-state index contributed by atoms with van der Waals surface area (Å²) in [7, 11) is 0. The van der Waals surface area contributed by atoms with Crippen LogP contribution in [0.4, 0.5) is 4.39 Å². The number of hydrogen-bond donors (Lipinski definition) is 0. The van der Waals surface area contributed by atoms with Crippen LogP contribution in [-0.4, -0.2) is 17.5 Å². The summed E-state index contributed by atoms with van der Waals surface area (Å²) in [6.45, 7) is 4.25. The van der Waals surface area contributed by atoms with E-state index in [1.54, 1.807) is 6.07 Å². The molecule has 2 rings (SSSR count).